The molecular formula is C16H16Cl2N2O. The Morgan fingerprint density at radius 2 is 1.67 bits per heavy atom. The van der Waals surface area contributed by atoms with Gasteiger partial charge in [-0.2, -0.15) is 0 Å². The monoisotopic (exact) mass is 322 g/mol. The second-order valence-electron chi connectivity index (χ2n) is 4.72. The molecule has 2 aromatic carbocycles. The maximum Gasteiger partial charge on any atom is 0.254 e. The van der Waals surface area contributed by atoms with Gasteiger partial charge in [-0.25, -0.2) is 0 Å². The van der Waals surface area contributed by atoms with Gasteiger partial charge in [0, 0.05) is 34.4 Å². The molecule has 0 fully saturated rings. The van der Waals surface area contributed by atoms with Gasteiger partial charge < -0.3 is 10.6 Å². The molecule has 0 unspecified atom stereocenters. The van der Waals surface area contributed by atoms with Crippen LogP contribution in [0.1, 0.15) is 22.8 Å². The van der Waals surface area contributed by atoms with Gasteiger partial charge in [-0.05, 0) is 42.8 Å². The first kappa shape index (κ1) is 15.7. The molecule has 0 aromatic heterocycles. The Labute approximate surface area is 134 Å². The van der Waals surface area contributed by atoms with E-state index in [-0.39, 0.29) is 5.91 Å². The Morgan fingerprint density at radius 1 is 1.10 bits per heavy atom. The van der Waals surface area contributed by atoms with Gasteiger partial charge in [-0.15, -0.1) is 0 Å². The van der Waals surface area contributed by atoms with Crippen LogP contribution >= 0.6 is 23.2 Å². The topological polar surface area (TPSA) is 46.3 Å². The molecule has 0 heterocycles. The second kappa shape index (κ2) is 6.83. The number of amides is 1. The molecule has 5 heteroatoms. The molecule has 21 heavy (non-hydrogen) atoms. The average Bonchev–Trinajstić information content (AvgIpc) is 2.45. The van der Waals surface area contributed by atoms with Gasteiger partial charge >= 0.3 is 0 Å². The van der Waals surface area contributed by atoms with Crippen LogP contribution in [0.25, 0.3) is 0 Å². The molecule has 0 aliphatic carbocycles. The van der Waals surface area contributed by atoms with Gasteiger partial charge in [0.15, 0.2) is 0 Å². The number of rotatable bonds is 4. The smallest absolute Gasteiger partial charge is 0.254 e. The molecule has 2 N–H and O–H groups in total. The summed E-state index contributed by atoms with van der Waals surface area (Å²) < 4.78 is 0. The highest BCUT2D eigenvalue weighted by molar-refractivity contribution is 6.35. The van der Waals surface area contributed by atoms with E-state index in [1.165, 1.54) is 0 Å². The number of carbonyl (C=O) groups is 1. The molecule has 0 bridgehead atoms. The highest BCUT2D eigenvalue weighted by atomic mass is 35.5. The van der Waals surface area contributed by atoms with Crippen LogP contribution in [0.5, 0.6) is 0 Å². The maximum atomic E-state index is 12.5. The largest absolute Gasteiger partial charge is 0.399 e. The molecule has 3 nitrogen and oxygen atoms in total. The van der Waals surface area contributed by atoms with Crippen molar-refractivity contribution >= 4 is 34.8 Å². The van der Waals surface area contributed by atoms with Crippen LogP contribution in [-0.4, -0.2) is 17.4 Å². The Kier molecular flexibility index (Phi) is 5.10. The van der Waals surface area contributed by atoms with Crippen molar-refractivity contribution in [2.24, 2.45) is 0 Å². The standard InChI is InChI=1S/C16H16Cl2N2O/c1-2-20(10-11-3-5-15(19)6-4-11)16(21)12-7-13(17)9-14(18)8-12/h3-9H,2,10,19H2,1H3. The van der Waals surface area contributed by atoms with Crippen LogP contribution in [0.2, 0.25) is 10.0 Å². The van der Waals surface area contributed by atoms with Gasteiger partial charge in [-0.3, -0.25) is 4.79 Å². The van der Waals surface area contributed by atoms with Gasteiger partial charge in [0.1, 0.15) is 0 Å². The minimum atomic E-state index is -0.0984. The van der Waals surface area contributed by atoms with Crippen molar-refractivity contribution in [3.05, 3.63) is 63.6 Å². The Bertz CT molecular complexity index is 621. The maximum absolute atomic E-state index is 12.5. The first-order valence-electron chi connectivity index (χ1n) is 6.59. The molecule has 0 atom stereocenters. The molecule has 0 aliphatic rings. The summed E-state index contributed by atoms with van der Waals surface area (Å²) in [7, 11) is 0. The summed E-state index contributed by atoms with van der Waals surface area (Å²) in [6.07, 6.45) is 0. The predicted molar refractivity (Wildman–Crippen MR) is 87.7 cm³/mol. The zero-order valence-electron chi connectivity index (χ0n) is 11.6. The molecule has 0 saturated heterocycles. The lowest BCUT2D eigenvalue weighted by Crippen LogP contribution is -2.30. The molecule has 110 valence electrons. The third kappa shape index (κ3) is 4.13. The third-order valence-electron chi connectivity index (χ3n) is 3.13. The van der Waals surface area contributed by atoms with E-state index < -0.39 is 0 Å². The zero-order chi connectivity index (χ0) is 15.4. The summed E-state index contributed by atoms with van der Waals surface area (Å²) in [5.41, 5.74) is 7.88. The number of nitrogen functional groups attached to an aromatic ring is 1. The third-order valence-corrected chi connectivity index (χ3v) is 3.57. The van der Waals surface area contributed by atoms with Crippen molar-refractivity contribution in [3.63, 3.8) is 0 Å². The minimum Gasteiger partial charge on any atom is -0.399 e. The summed E-state index contributed by atoms with van der Waals surface area (Å²) in [5.74, 6) is -0.0984. The lowest BCUT2D eigenvalue weighted by atomic mass is 10.1. The predicted octanol–water partition coefficient (Wildman–Crippen LogP) is 4.24. The van der Waals surface area contributed by atoms with E-state index in [1.54, 1.807) is 23.1 Å². The van der Waals surface area contributed by atoms with E-state index in [0.29, 0.717) is 34.4 Å². The first-order valence-corrected chi connectivity index (χ1v) is 7.35. The van der Waals surface area contributed by atoms with Crippen molar-refractivity contribution in [1.82, 2.24) is 4.90 Å². The normalized spacial score (nSPS) is 10.4. The fraction of sp³-hybridized carbons (Fsp3) is 0.188. The molecular weight excluding hydrogens is 307 g/mol. The quantitative estimate of drug-likeness (QED) is 0.856. The summed E-state index contributed by atoms with van der Waals surface area (Å²) in [4.78, 5) is 14.3. The van der Waals surface area contributed by atoms with Crippen molar-refractivity contribution in [1.29, 1.82) is 0 Å². The average molecular weight is 323 g/mol. The Morgan fingerprint density at radius 3 is 2.19 bits per heavy atom. The van der Waals surface area contributed by atoms with E-state index in [1.807, 2.05) is 31.2 Å². The Balaban J connectivity index is 2.20. The van der Waals surface area contributed by atoms with Crippen LogP contribution in [0, 0.1) is 0 Å². The Hall–Kier alpha value is -1.71. The van der Waals surface area contributed by atoms with Crippen LogP contribution in [0.3, 0.4) is 0 Å². The van der Waals surface area contributed by atoms with Crippen molar-refractivity contribution < 1.29 is 4.79 Å². The van der Waals surface area contributed by atoms with Gasteiger partial charge in [0.25, 0.3) is 5.91 Å². The number of carbonyl (C=O) groups excluding carboxylic acids is 1. The van der Waals surface area contributed by atoms with Gasteiger partial charge in [0.05, 0.1) is 0 Å². The number of benzene rings is 2. The van der Waals surface area contributed by atoms with E-state index in [0.717, 1.165) is 5.56 Å². The summed E-state index contributed by atoms with van der Waals surface area (Å²) >= 11 is 11.9. The number of hydrogen-bond donors (Lipinski definition) is 1. The highest BCUT2D eigenvalue weighted by Gasteiger charge is 2.15. The van der Waals surface area contributed by atoms with E-state index in [2.05, 4.69) is 0 Å². The molecule has 0 spiro atoms. The molecule has 0 aliphatic heterocycles. The number of nitrogens with two attached hydrogens (primary N) is 1. The van der Waals surface area contributed by atoms with Crippen molar-refractivity contribution in [2.75, 3.05) is 12.3 Å². The van der Waals surface area contributed by atoms with E-state index in [9.17, 15) is 4.79 Å². The summed E-state index contributed by atoms with van der Waals surface area (Å²) in [5, 5.41) is 0.906. The minimum absolute atomic E-state index is 0.0984. The first-order chi connectivity index (χ1) is 9.99. The number of halogens is 2. The van der Waals surface area contributed by atoms with Crippen LogP contribution in [-0.2, 0) is 6.54 Å². The van der Waals surface area contributed by atoms with E-state index in [4.69, 9.17) is 28.9 Å². The fourth-order valence-corrected chi connectivity index (χ4v) is 2.56. The molecule has 1 amide bonds. The van der Waals surface area contributed by atoms with Crippen LogP contribution in [0.15, 0.2) is 42.5 Å². The summed E-state index contributed by atoms with van der Waals surface area (Å²) in [6.45, 7) is 3.04. The van der Waals surface area contributed by atoms with Gasteiger partial charge in [-0.1, -0.05) is 35.3 Å². The molecule has 0 radical (unpaired) electrons. The molecule has 0 saturated carbocycles. The second-order valence-corrected chi connectivity index (χ2v) is 5.59. The molecule has 2 rings (SSSR count). The van der Waals surface area contributed by atoms with Gasteiger partial charge in [0.2, 0.25) is 0 Å². The lowest BCUT2D eigenvalue weighted by molar-refractivity contribution is 0.0752. The fourth-order valence-electron chi connectivity index (χ4n) is 2.03. The van der Waals surface area contributed by atoms with Crippen molar-refractivity contribution in [2.45, 2.75) is 13.5 Å². The van der Waals surface area contributed by atoms with E-state index >= 15 is 0 Å². The lowest BCUT2D eigenvalue weighted by Gasteiger charge is -2.21. The molecule has 2 aromatic rings. The number of nitrogens with zero attached hydrogens (tertiary/aromatic N) is 1. The number of anilines is 1. The highest BCUT2D eigenvalue weighted by Crippen LogP contribution is 2.21. The van der Waals surface area contributed by atoms with Crippen LogP contribution < -0.4 is 5.73 Å². The van der Waals surface area contributed by atoms with Crippen molar-refractivity contribution in [3.8, 4) is 0 Å². The summed E-state index contributed by atoms with van der Waals surface area (Å²) in [6, 6.07) is 12.3. The zero-order valence-corrected chi connectivity index (χ0v) is 13.2. The SMILES string of the molecule is CCN(Cc1ccc(N)cc1)C(=O)c1cc(Cl)cc(Cl)c1. The number of hydrogen-bond acceptors (Lipinski definition) is 2. The van der Waals surface area contributed by atoms with Crippen LogP contribution in [0.4, 0.5) is 5.69 Å².